The van der Waals surface area contributed by atoms with Gasteiger partial charge in [0.15, 0.2) is 0 Å². The average molecular weight is 299 g/mol. The molecule has 2 heterocycles. The number of rotatable bonds is 3. The van der Waals surface area contributed by atoms with Crippen LogP contribution in [0.25, 0.3) is 0 Å². The van der Waals surface area contributed by atoms with Gasteiger partial charge in [-0.15, -0.1) is 0 Å². The zero-order valence-corrected chi connectivity index (χ0v) is 11.4. The molecule has 1 aliphatic rings. The Labute approximate surface area is 109 Å². The summed E-state index contributed by atoms with van der Waals surface area (Å²) in [5, 5.41) is 0.795. The lowest BCUT2D eigenvalue weighted by Crippen LogP contribution is -2.34. The van der Waals surface area contributed by atoms with Gasteiger partial charge in [0.2, 0.25) is 5.91 Å². The summed E-state index contributed by atoms with van der Waals surface area (Å²) in [6.45, 7) is 2.96. The molecule has 0 fully saturated rings. The summed E-state index contributed by atoms with van der Waals surface area (Å²) in [5.41, 5.74) is 1.10. The molecule has 0 spiro atoms. The summed E-state index contributed by atoms with van der Waals surface area (Å²) in [5.74, 6) is 1.61. The fourth-order valence-corrected chi connectivity index (χ4v) is 2.15. The molecule has 1 amide bonds. The van der Waals surface area contributed by atoms with Gasteiger partial charge in [-0.3, -0.25) is 9.69 Å². The van der Waals surface area contributed by atoms with Crippen LogP contribution in [0.3, 0.4) is 0 Å². The lowest BCUT2D eigenvalue weighted by atomic mass is 10.1. The molecule has 0 unspecified atom stereocenters. The second kappa shape index (κ2) is 5.49. The van der Waals surface area contributed by atoms with Crippen molar-refractivity contribution in [3.05, 3.63) is 17.8 Å². The van der Waals surface area contributed by atoms with Crippen LogP contribution in [0.4, 0.5) is 5.82 Å². The van der Waals surface area contributed by atoms with Gasteiger partial charge in [-0.2, -0.15) is 0 Å². The van der Waals surface area contributed by atoms with Crippen molar-refractivity contribution in [1.29, 1.82) is 0 Å². The van der Waals surface area contributed by atoms with E-state index < -0.39 is 0 Å². The van der Waals surface area contributed by atoms with E-state index in [0.29, 0.717) is 6.61 Å². The molecule has 1 aromatic heterocycles. The van der Waals surface area contributed by atoms with Crippen LogP contribution in [0.15, 0.2) is 12.3 Å². The molecular formula is C12H15BrN2O2. The predicted octanol–water partition coefficient (Wildman–Crippen LogP) is 2.15. The Bertz CT molecular complexity index is 423. The zero-order valence-electron chi connectivity index (χ0n) is 9.78. The molecule has 92 valence electrons. The molecule has 17 heavy (non-hydrogen) atoms. The van der Waals surface area contributed by atoms with E-state index >= 15 is 0 Å². The Balaban J connectivity index is 2.23. The molecule has 1 aliphatic heterocycles. The van der Waals surface area contributed by atoms with Crippen LogP contribution in [-0.2, 0) is 11.2 Å². The van der Waals surface area contributed by atoms with E-state index in [-0.39, 0.29) is 5.91 Å². The van der Waals surface area contributed by atoms with E-state index in [1.54, 1.807) is 18.0 Å². The number of carbonyl (C=O) groups is 1. The molecule has 5 heteroatoms. The smallest absolute Gasteiger partial charge is 0.225 e. The van der Waals surface area contributed by atoms with Crippen molar-refractivity contribution >= 4 is 27.7 Å². The van der Waals surface area contributed by atoms with Gasteiger partial charge >= 0.3 is 0 Å². The van der Waals surface area contributed by atoms with E-state index in [4.69, 9.17) is 4.74 Å². The highest BCUT2D eigenvalue weighted by molar-refractivity contribution is 9.09. The molecule has 0 N–H and O–H groups in total. The number of pyridine rings is 1. The first kappa shape index (κ1) is 12.4. The van der Waals surface area contributed by atoms with Crippen molar-refractivity contribution < 1.29 is 9.53 Å². The summed E-state index contributed by atoms with van der Waals surface area (Å²) >= 11 is 3.31. The van der Waals surface area contributed by atoms with Gasteiger partial charge in [-0.25, -0.2) is 4.98 Å². The minimum Gasteiger partial charge on any atom is -0.491 e. The van der Waals surface area contributed by atoms with Crippen molar-refractivity contribution in [3.8, 4) is 5.75 Å². The second-order valence-corrected chi connectivity index (χ2v) is 4.76. The first-order chi connectivity index (χ1) is 8.22. The highest BCUT2D eigenvalue weighted by Gasteiger charge is 2.21. The molecule has 0 radical (unpaired) electrons. The number of hydrogen-bond acceptors (Lipinski definition) is 3. The molecule has 1 aromatic rings. The zero-order chi connectivity index (χ0) is 12.3. The highest BCUT2D eigenvalue weighted by Crippen LogP contribution is 2.27. The number of aromatic nitrogens is 1. The monoisotopic (exact) mass is 298 g/mol. The lowest BCUT2D eigenvalue weighted by molar-refractivity contribution is -0.116. The van der Waals surface area contributed by atoms with E-state index in [1.807, 2.05) is 6.07 Å². The number of aryl methyl sites for hydroxylation is 1. The largest absolute Gasteiger partial charge is 0.491 e. The quantitative estimate of drug-likeness (QED) is 0.803. The number of halogens is 1. The Morgan fingerprint density at radius 1 is 1.65 bits per heavy atom. The van der Waals surface area contributed by atoms with Gasteiger partial charge in [0.25, 0.3) is 0 Å². The first-order valence-corrected chi connectivity index (χ1v) is 6.80. The van der Waals surface area contributed by atoms with Crippen LogP contribution in [0, 0.1) is 0 Å². The maximum atomic E-state index is 11.5. The average Bonchev–Trinajstić information content (AvgIpc) is 2.35. The number of ether oxygens (including phenoxy) is 1. The van der Waals surface area contributed by atoms with Gasteiger partial charge in [0.05, 0.1) is 12.8 Å². The summed E-state index contributed by atoms with van der Waals surface area (Å²) in [4.78, 5) is 17.5. The third-order valence-corrected chi connectivity index (χ3v) is 3.05. The Morgan fingerprint density at radius 3 is 3.18 bits per heavy atom. The summed E-state index contributed by atoms with van der Waals surface area (Å²) in [7, 11) is 0. The van der Waals surface area contributed by atoms with Crippen molar-refractivity contribution in [3.63, 3.8) is 0 Å². The molecule has 0 saturated heterocycles. The van der Waals surface area contributed by atoms with Gasteiger partial charge in [-0.05, 0) is 24.5 Å². The van der Waals surface area contributed by atoms with E-state index in [1.165, 1.54) is 0 Å². The highest BCUT2D eigenvalue weighted by atomic mass is 79.9. The minimum absolute atomic E-state index is 0.0487. The van der Waals surface area contributed by atoms with Crippen LogP contribution >= 0.6 is 15.9 Å². The fourth-order valence-electron chi connectivity index (χ4n) is 1.98. The molecule has 2 rings (SSSR count). The summed E-state index contributed by atoms with van der Waals surface area (Å²) in [6, 6.07) is 1.99. The number of anilines is 1. The van der Waals surface area contributed by atoms with E-state index in [0.717, 1.165) is 41.8 Å². The SMILES string of the molecule is CC(=O)N1CCCc2cc(OCCBr)cnc21. The molecule has 0 aromatic carbocycles. The topological polar surface area (TPSA) is 42.4 Å². The van der Waals surface area contributed by atoms with Crippen LogP contribution in [-0.4, -0.2) is 29.4 Å². The Hall–Kier alpha value is -1.10. The predicted molar refractivity (Wildman–Crippen MR) is 69.9 cm³/mol. The van der Waals surface area contributed by atoms with Crippen LogP contribution in [0.5, 0.6) is 5.75 Å². The molecule has 0 aliphatic carbocycles. The standard InChI is InChI=1S/C12H15BrN2O2/c1-9(16)15-5-2-3-10-7-11(17-6-4-13)8-14-12(10)15/h7-8H,2-6H2,1H3. The van der Waals surface area contributed by atoms with Gasteiger partial charge in [-0.1, -0.05) is 15.9 Å². The minimum atomic E-state index is 0.0487. The summed E-state index contributed by atoms with van der Waals surface area (Å²) < 4.78 is 5.50. The van der Waals surface area contributed by atoms with E-state index in [9.17, 15) is 4.79 Å². The van der Waals surface area contributed by atoms with Crippen LogP contribution < -0.4 is 9.64 Å². The fraction of sp³-hybridized carbons (Fsp3) is 0.500. The molecule has 0 saturated carbocycles. The van der Waals surface area contributed by atoms with Gasteiger partial charge < -0.3 is 4.74 Å². The number of carbonyl (C=O) groups excluding carboxylic acids is 1. The van der Waals surface area contributed by atoms with Crippen molar-refractivity contribution in [2.75, 3.05) is 23.4 Å². The van der Waals surface area contributed by atoms with Crippen LogP contribution in [0.1, 0.15) is 18.9 Å². The molecule has 0 bridgehead atoms. The maximum Gasteiger partial charge on any atom is 0.225 e. The molecular weight excluding hydrogens is 284 g/mol. The molecule has 0 atom stereocenters. The number of nitrogens with zero attached hydrogens (tertiary/aromatic N) is 2. The van der Waals surface area contributed by atoms with Crippen LogP contribution in [0.2, 0.25) is 0 Å². The number of alkyl halides is 1. The second-order valence-electron chi connectivity index (χ2n) is 3.97. The maximum absolute atomic E-state index is 11.5. The third-order valence-electron chi connectivity index (χ3n) is 2.73. The lowest BCUT2D eigenvalue weighted by Gasteiger charge is -2.27. The van der Waals surface area contributed by atoms with Crippen molar-refractivity contribution in [2.45, 2.75) is 19.8 Å². The van der Waals surface area contributed by atoms with Crippen molar-refractivity contribution in [1.82, 2.24) is 4.98 Å². The van der Waals surface area contributed by atoms with Gasteiger partial charge in [0, 0.05) is 18.8 Å². The first-order valence-electron chi connectivity index (χ1n) is 5.68. The summed E-state index contributed by atoms with van der Waals surface area (Å²) in [6.07, 6.45) is 3.62. The number of fused-ring (bicyclic) bond motifs is 1. The number of hydrogen-bond donors (Lipinski definition) is 0. The van der Waals surface area contributed by atoms with Crippen molar-refractivity contribution in [2.24, 2.45) is 0 Å². The Morgan fingerprint density at radius 2 is 2.47 bits per heavy atom. The van der Waals surface area contributed by atoms with Gasteiger partial charge in [0.1, 0.15) is 11.6 Å². The third kappa shape index (κ3) is 2.77. The molecule has 4 nitrogen and oxygen atoms in total. The Kier molecular flexibility index (Phi) is 3.99. The number of amides is 1. The van der Waals surface area contributed by atoms with E-state index in [2.05, 4.69) is 20.9 Å². The normalized spacial score (nSPS) is 14.4.